The standard InChI is InChI=1S/C11H17N3OS/c1-8-7-16-11(13-8)14-10(15)6-9-2-4-12-5-3-9/h7,9,12H,2-6H2,1H3,(H,13,14,15). The van der Waals surface area contributed by atoms with E-state index in [4.69, 9.17) is 0 Å². The first kappa shape index (κ1) is 11.5. The Hall–Kier alpha value is -0.940. The summed E-state index contributed by atoms with van der Waals surface area (Å²) in [5, 5.41) is 8.82. The zero-order chi connectivity index (χ0) is 11.4. The summed E-state index contributed by atoms with van der Waals surface area (Å²) < 4.78 is 0. The van der Waals surface area contributed by atoms with Crippen LogP contribution in [0.5, 0.6) is 0 Å². The molecule has 1 saturated heterocycles. The minimum atomic E-state index is 0.0984. The number of carbonyl (C=O) groups is 1. The maximum atomic E-state index is 11.7. The molecule has 0 aliphatic carbocycles. The van der Waals surface area contributed by atoms with E-state index in [1.807, 2.05) is 12.3 Å². The maximum absolute atomic E-state index is 11.7. The van der Waals surface area contributed by atoms with E-state index in [1.54, 1.807) is 0 Å². The Labute approximate surface area is 99.5 Å². The molecule has 1 aliphatic rings. The van der Waals surface area contributed by atoms with Gasteiger partial charge in [-0.25, -0.2) is 4.98 Å². The van der Waals surface area contributed by atoms with Crippen molar-refractivity contribution in [3.05, 3.63) is 11.1 Å². The van der Waals surface area contributed by atoms with Gasteiger partial charge in [0.1, 0.15) is 0 Å². The van der Waals surface area contributed by atoms with Gasteiger partial charge in [0.05, 0.1) is 5.69 Å². The largest absolute Gasteiger partial charge is 0.317 e. The second-order valence-corrected chi connectivity index (χ2v) is 5.10. The van der Waals surface area contributed by atoms with Crippen LogP contribution in [-0.4, -0.2) is 24.0 Å². The van der Waals surface area contributed by atoms with Gasteiger partial charge < -0.3 is 10.6 Å². The van der Waals surface area contributed by atoms with Gasteiger partial charge in [-0.2, -0.15) is 0 Å². The van der Waals surface area contributed by atoms with Crippen LogP contribution in [-0.2, 0) is 4.79 Å². The number of hydrogen-bond acceptors (Lipinski definition) is 4. The summed E-state index contributed by atoms with van der Waals surface area (Å²) in [6.45, 7) is 4.00. The molecule has 16 heavy (non-hydrogen) atoms. The molecule has 1 amide bonds. The third-order valence-electron chi connectivity index (χ3n) is 2.80. The highest BCUT2D eigenvalue weighted by Crippen LogP contribution is 2.19. The van der Waals surface area contributed by atoms with E-state index in [9.17, 15) is 4.79 Å². The number of rotatable bonds is 3. The van der Waals surface area contributed by atoms with Crippen molar-refractivity contribution in [2.75, 3.05) is 18.4 Å². The summed E-state index contributed by atoms with van der Waals surface area (Å²) in [6.07, 6.45) is 2.83. The number of aryl methyl sites for hydroxylation is 1. The molecule has 88 valence electrons. The van der Waals surface area contributed by atoms with E-state index in [1.165, 1.54) is 11.3 Å². The van der Waals surface area contributed by atoms with Crippen molar-refractivity contribution in [1.82, 2.24) is 10.3 Å². The van der Waals surface area contributed by atoms with Crippen molar-refractivity contribution in [2.45, 2.75) is 26.2 Å². The number of amides is 1. The first-order valence-electron chi connectivity index (χ1n) is 5.67. The summed E-state index contributed by atoms with van der Waals surface area (Å²) >= 11 is 1.48. The lowest BCUT2D eigenvalue weighted by molar-refractivity contribution is -0.117. The van der Waals surface area contributed by atoms with E-state index in [2.05, 4.69) is 15.6 Å². The fourth-order valence-corrected chi connectivity index (χ4v) is 2.63. The Morgan fingerprint density at radius 2 is 2.38 bits per heavy atom. The van der Waals surface area contributed by atoms with Crippen LogP contribution in [0.2, 0.25) is 0 Å². The highest BCUT2D eigenvalue weighted by Gasteiger charge is 2.17. The first-order chi connectivity index (χ1) is 7.74. The molecule has 1 fully saturated rings. The van der Waals surface area contributed by atoms with Crippen LogP contribution >= 0.6 is 11.3 Å². The number of piperidine rings is 1. The van der Waals surface area contributed by atoms with Gasteiger partial charge in [0.25, 0.3) is 0 Å². The van der Waals surface area contributed by atoms with Gasteiger partial charge in [0, 0.05) is 11.8 Å². The number of aromatic nitrogens is 1. The predicted octanol–water partition coefficient (Wildman–Crippen LogP) is 1.78. The summed E-state index contributed by atoms with van der Waals surface area (Å²) in [6, 6.07) is 0. The average molecular weight is 239 g/mol. The number of anilines is 1. The highest BCUT2D eigenvalue weighted by atomic mass is 32.1. The van der Waals surface area contributed by atoms with Gasteiger partial charge in [-0.3, -0.25) is 4.79 Å². The average Bonchev–Trinajstić information content (AvgIpc) is 2.65. The van der Waals surface area contributed by atoms with Crippen molar-refractivity contribution in [1.29, 1.82) is 0 Å². The Morgan fingerprint density at radius 3 is 3.00 bits per heavy atom. The van der Waals surface area contributed by atoms with Crippen LogP contribution in [0, 0.1) is 12.8 Å². The Bertz CT molecular complexity index is 358. The van der Waals surface area contributed by atoms with E-state index in [0.29, 0.717) is 12.3 Å². The topological polar surface area (TPSA) is 54.0 Å². The number of hydrogen-bond donors (Lipinski definition) is 2. The second kappa shape index (κ2) is 5.41. The maximum Gasteiger partial charge on any atom is 0.226 e. The normalized spacial score (nSPS) is 17.3. The number of nitrogens with zero attached hydrogens (tertiary/aromatic N) is 1. The van der Waals surface area contributed by atoms with E-state index in [-0.39, 0.29) is 5.91 Å². The fraction of sp³-hybridized carbons (Fsp3) is 0.636. The molecule has 0 unspecified atom stereocenters. The third-order valence-corrected chi connectivity index (χ3v) is 3.67. The molecule has 2 N–H and O–H groups in total. The molecule has 2 heterocycles. The van der Waals surface area contributed by atoms with Crippen LogP contribution in [0.25, 0.3) is 0 Å². The lowest BCUT2D eigenvalue weighted by Crippen LogP contribution is -2.30. The van der Waals surface area contributed by atoms with E-state index >= 15 is 0 Å². The van der Waals surface area contributed by atoms with Gasteiger partial charge in [-0.1, -0.05) is 0 Å². The van der Waals surface area contributed by atoms with Crippen molar-refractivity contribution in [3.8, 4) is 0 Å². The number of carbonyl (C=O) groups excluding carboxylic acids is 1. The minimum Gasteiger partial charge on any atom is -0.317 e. The van der Waals surface area contributed by atoms with Crippen molar-refractivity contribution >= 4 is 22.4 Å². The number of nitrogens with one attached hydrogen (secondary N) is 2. The summed E-state index contributed by atoms with van der Waals surface area (Å²) in [4.78, 5) is 15.9. The third kappa shape index (κ3) is 3.28. The molecule has 0 saturated carbocycles. The lowest BCUT2D eigenvalue weighted by atomic mass is 9.94. The molecule has 0 radical (unpaired) electrons. The summed E-state index contributed by atoms with van der Waals surface area (Å²) in [7, 11) is 0. The first-order valence-corrected chi connectivity index (χ1v) is 6.54. The Balaban J connectivity index is 1.79. The van der Waals surface area contributed by atoms with Crippen LogP contribution < -0.4 is 10.6 Å². The van der Waals surface area contributed by atoms with Crippen LogP contribution in [0.3, 0.4) is 0 Å². The van der Waals surface area contributed by atoms with E-state index < -0.39 is 0 Å². The molecule has 1 aliphatic heterocycles. The molecule has 4 nitrogen and oxygen atoms in total. The molecule has 1 aromatic heterocycles. The molecule has 5 heteroatoms. The van der Waals surface area contributed by atoms with Crippen LogP contribution in [0.4, 0.5) is 5.13 Å². The van der Waals surface area contributed by atoms with E-state index in [0.717, 1.165) is 36.8 Å². The molecule has 0 atom stereocenters. The molecular weight excluding hydrogens is 222 g/mol. The molecule has 0 spiro atoms. The zero-order valence-electron chi connectivity index (χ0n) is 9.45. The monoisotopic (exact) mass is 239 g/mol. The predicted molar refractivity (Wildman–Crippen MR) is 65.7 cm³/mol. The molecule has 0 aromatic carbocycles. The lowest BCUT2D eigenvalue weighted by Gasteiger charge is -2.21. The zero-order valence-corrected chi connectivity index (χ0v) is 10.3. The van der Waals surface area contributed by atoms with Crippen LogP contribution in [0.1, 0.15) is 25.0 Å². The minimum absolute atomic E-state index is 0.0984. The van der Waals surface area contributed by atoms with Gasteiger partial charge >= 0.3 is 0 Å². The SMILES string of the molecule is Cc1csc(NC(=O)CC2CCNCC2)n1. The van der Waals surface area contributed by atoms with Gasteiger partial charge in [0.15, 0.2) is 5.13 Å². The van der Waals surface area contributed by atoms with Gasteiger partial charge in [-0.05, 0) is 38.8 Å². The van der Waals surface area contributed by atoms with Crippen molar-refractivity contribution in [2.24, 2.45) is 5.92 Å². The number of thiazole rings is 1. The van der Waals surface area contributed by atoms with Crippen molar-refractivity contribution < 1.29 is 4.79 Å². The van der Waals surface area contributed by atoms with Gasteiger partial charge in [0.2, 0.25) is 5.91 Å². The van der Waals surface area contributed by atoms with Crippen LogP contribution in [0.15, 0.2) is 5.38 Å². The summed E-state index contributed by atoms with van der Waals surface area (Å²) in [5.74, 6) is 0.628. The van der Waals surface area contributed by atoms with Gasteiger partial charge in [-0.15, -0.1) is 11.3 Å². The molecule has 0 bridgehead atoms. The summed E-state index contributed by atoms with van der Waals surface area (Å²) in [5.41, 5.74) is 0.960. The molecule has 2 rings (SSSR count). The molecule has 1 aromatic rings. The smallest absolute Gasteiger partial charge is 0.226 e. The molecular formula is C11H17N3OS. The Morgan fingerprint density at radius 1 is 1.62 bits per heavy atom. The Kier molecular flexibility index (Phi) is 3.90. The second-order valence-electron chi connectivity index (χ2n) is 4.24. The quantitative estimate of drug-likeness (QED) is 0.845. The fourth-order valence-electron chi connectivity index (χ4n) is 1.93. The van der Waals surface area contributed by atoms with Crippen molar-refractivity contribution in [3.63, 3.8) is 0 Å². The highest BCUT2D eigenvalue weighted by molar-refractivity contribution is 7.13.